The topological polar surface area (TPSA) is 69.2 Å². The van der Waals surface area contributed by atoms with Crippen LogP contribution in [0.2, 0.25) is 0 Å². The number of rotatable bonds is 4. The van der Waals surface area contributed by atoms with E-state index in [1.807, 2.05) is 12.1 Å². The van der Waals surface area contributed by atoms with Crippen molar-refractivity contribution >= 4 is 5.69 Å². The van der Waals surface area contributed by atoms with Gasteiger partial charge in [0.1, 0.15) is 0 Å². The van der Waals surface area contributed by atoms with Crippen molar-refractivity contribution in [3.8, 4) is 0 Å². The predicted octanol–water partition coefficient (Wildman–Crippen LogP) is 3.44. The maximum atomic E-state index is 10.7. The number of benzene rings is 1. The molecule has 0 atom stereocenters. The van der Waals surface area contributed by atoms with E-state index in [1.54, 1.807) is 12.1 Å². The van der Waals surface area contributed by atoms with Crippen LogP contribution < -0.4 is 5.73 Å². The van der Waals surface area contributed by atoms with Crippen molar-refractivity contribution in [2.75, 3.05) is 6.54 Å². The lowest BCUT2D eigenvalue weighted by Crippen LogP contribution is -2.32. The van der Waals surface area contributed by atoms with Crippen molar-refractivity contribution in [2.24, 2.45) is 11.1 Å². The molecular weight excluding hydrogens is 240 g/mol. The predicted molar refractivity (Wildman–Crippen MR) is 76.0 cm³/mol. The summed E-state index contributed by atoms with van der Waals surface area (Å²) < 4.78 is 0. The smallest absolute Gasteiger partial charge is 0.269 e. The van der Waals surface area contributed by atoms with E-state index in [0.29, 0.717) is 6.54 Å². The van der Waals surface area contributed by atoms with E-state index < -0.39 is 0 Å². The lowest BCUT2D eigenvalue weighted by atomic mass is 9.75. The van der Waals surface area contributed by atoms with Crippen LogP contribution in [0.25, 0.3) is 0 Å². The summed E-state index contributed by atoms with van der Waals surface area (Å²) in [4.78, 5) is 10.3. The summed E-state index contributed by atoms with van der Waals surface area (Å²) in [7, 11) is 0. The van der Waals surface area contributed by atoms with Crippen LogP contribution in [0.4, 0.5) is 5.69 Å². The SMILES string of the molecule is NCC1(Cc2ccc([N+](=O)[O-])cc2)CCCCCC1. The van der Waals surface area contributed by atoms with Gasteiger partial charge in [0, 0.05) is 12.1 Å². The van der Waals surface area contributed by atoms with Crippen LogP contribution in [0.15, 0.2) is 24.3 Å². The number of nitro groups is 1. The quantitative estimate of drug-likeness (QED) is 0.513. The Morgan fingerprint density at radius 3 is 2.16 bits per heavy atom. The Kier molecular flexibility index (Phi) is 4.53. The summed E-state index contributed by atoms with van der Waals surface area (Å²) in [5.74, 6) is 0. The minimum atomic E-state index is -0.353. The summed E-state index contributed by atoms with van der Waals surface area (Å²) in [5, 5.41) is 10.7. The van der Waals surface area contributed by atoms with Gasteiger partial charge in [0.2, 0.25) is 0 Å². The van der Waals surface area contributed by atoms with Crippen molar-refractivity contribution in [1.29, 1.82) is 0 Å². The van der Waals surface area contributed by atoms with E-state index in [1.165, 1.54) is 38.5 Å². The van der Waals surface area contributed by atoms with Gasteiger partial charge in [-0.15, -0.1) is 0 Å². The molecule has 19 heavy (non-hydrogen) atoms. The molecule has 2 N–H and O–H groups in total. The zero-order chi connectivity index (χ0) is 13.7. The maximum absolute atomic E-state index is 10.7. The van der Waals surface area contributed by atoms with E-state index in [9.17, 15) is 10.1 Å². The van der Waals surface area contributed by atoms with Gasteiger partial charge >= 0.3 is 0 Å². The highest BCUT2D eigenvalue weighted by Gasteiger charge is 2.29. The Morgan fingerprint density at radius 1 is 1.11 bits per heavy atom. The molecule has 0 aliphatic heterocycles. The number of nitrogens with two attached hydrogens (primary N) is 1. The molecule has 1 saturated carbocycles. The minimum absolute atomic E-state index is 0.159. The normalized spacial score (nSPS) is 18.8. The molecule has 0 spiro atoms. The lowest BCUT2D eigenvalue weighted by Gasteiger charge is -2.31. The first-order chi connectivity index (χ1) is 9.15. The third kappa shape index (κ3) is 3.53. The third-order valence-electron chi connectivity index (χ3n) is 4.32. The van der Waals surface area contributed by atoms with Gasteiger partial charge < -0.3 is 5.73 Å². The van der Waals surface area contributed by atoms with Crippen LogP contribution in [0.3, 0.4) is 0 Å². The highest BCUT2D eigenvalue weighted by atomic mass is 16.6. The number of nitro benzene ring substituents is 1. The summed E-state index contributed by atoms with van der Waals surface area (Å²) >= 11 is 0. The number of hydrogen-bond donors (Lipinski definition) is 1. The summed E-state index contributed by atoms with van der Waals surface area (Å²) in [6, 6.07) is 6.94. The molecule has 1 aliphatic carbocycles. The monoisotopic (exact) mass is 262 g/mol. The zero-order valence-electron chi connectivity index (χ0n) is 11.3. The number of non-ortho nitro benzene ring substituents is 1. The molecule has 0 bridgehead atoms. The Morgan fingerprint density at radius 2 is 1.68 bits per heavy atom. The van der Waals surface area contributed by atoms with Crippen LogP contribution in [0.1, 0.15) is 44.1 Å². The molecule has 0 heterocycles. The van der Waals surface area contributed by atoms with E-state index in [-0.39, 0.29) is 16.0 Å². The summed E-state index contributed by atoms with van der Waals surface area (Å²) in [6.07, 6.45) is 8.43. The fraction of sp³-hybridized carbons (Fsp3) is 0.600. The standard InChI is InChI=1S/C15H22N2O2/c16-12-15(9-3-1-2-4-10-15)11-13-5-7-14(8-6-13)17(18)19/h5-8H,1-4,9-12,16H2. The van der Waals surface area contributed by atoms with Crippen molar-refractivity contribution in [3.05, 3.63) is 39.9 Å². The van der Waals surface area contributed by atoms with Gasteiger partial charge in [-0.1, -0.05) is 37.8 Å². The maximum Gasteiger partial charge on any atom is 0.269 e. The fourth-order valence-electron chi connectivity index (χ4n) is 3.10. The van der Waals surface area contributed by atoms with Crippen LogP contribution in [-0.2, 0) is 6.42 Å². The van der Waals surface area contributed by atoms with Crippen LogP contribution in [-0.4, -0.2) is 11.5 Å². The Labute approximate surface area is 114 Å². The number of nitrogens with zero attached hydrogens (tertiary/aromatic N) is 1. The molecule has 4 heteroatoms. The second-order valence-electron chi connectivity index (χ2n) is 5.72. The molecule has 1 aromatic rings. The first-order valence-corrected chi connectivity index (χ1v) is 7.09. The number of hydrogen-bond acceptors (Lipinski definition) is 3. The molecule has 1 aliphatic rings. The van der Waals surface area contributed by atoms with Crippen LogP contribution >= 0.6 is 0 Å². The van der Waals surface area contributed by atoms with E-state index in [4.69, 9.17) is 5.73 Å². The molecule has 0 radical (unpaired) electrons. The highest BCUT2D eigenvalue weighted by molar-refractivity contribution is 5.33. The Balaban J connectivity index is 2.10. The Bertz CT molecular complexity index is 420. The molecule has 1 aromatic carbocycles. The molecule has 2 rings (SSSR count). The molecule has 104 valence electrons. The average molecular weight is 262 g/mol. The Hall–Kier alpha value is -1.42. The van der Waals surface area contributed by atoms with Crippen molar-refractivity contribution in [3.63, 3.8) is 0 Å². The highest BCUT2D eigenvalue weighted by Crippen LogP contribution is 2.37. The molecule has 4 nitrogen and oxygen atoms in total. The molecule has 0 unspecified atom stereocenters. The first kappa shape index (κ1) is 14.0. The van der Waals surface area contributed by atoms with Gasteiger partial charge in [0.25, 0.3) is 5.69 Å². The second kappa shape index (κ2) is 6.15. The van der Waals surface area contributed by atoms with Crippen LogP contribution in [0.5, 0.6) is 0 Å². The van der Waals surface area contributed by atoms with Gasteiger partial charge in [0.05, 0.1) is 4.92 Å². The molecule has 0 aromatic heterocycles. The lowest BCUT2D eigenvalue weighted by molar-refractivity contribution is -0.384. The second-order valence-corrected chi connectivity index (χ2v) is 5.72. The van der Waals surface area contributed by atoms with Gasteiger partial charge in [-0.25, -0.2) is 0 Å². The van der Waals surface area contributed by atoms with Crippen LogP contribution in [0, 0.1) is 15.5 Å². The van der Waals surface area contributed by atoms with Crippen molar-refractivity contribution in [2.45, 2.75) is 44.9 Å². The fourth-order valence-corrected chi connectivity index (χ4v) is 3.10. The summed E-state index contributed by atoms with van der Waals surface area (Å²) in [5.41, 5.74) is 7.55. The molecule has 1 fully saturated rings. The van der Waals surface area contributed by atoms with E-state index in [2.05, 4.69) is 0 Å². The van der Waals surface area contributed by atoms with Gasteiger partial charge in [0.15, 0.2) is 0 Å². The van der Waals surface area contributed by atoms with Crippen molar-refractivity contribution in [1.82, 2.24) is 0 Å². The molecular formula is C15H22N2O2. The largest absolute Gasteiger partial charge is 0.330 e. The van der Waals surface area contributed by atoms with E-state index in [0.717, 1.165) is 12.0 Å². The zero-order valence-corrected chi connectivity index (χ0v) is 11.3. The minimum Gasteiger partial charge on any atom is -0.330 e. The average Bonchev–Trinajstić information content (AvgIpc) is 2.65. The van der Waals surface area contributed by atoms with Gasteiger partial charge in [-0.3, -0.25) is 10.1 Å². The van der Waals surface area contributed by atoms with Crippen molar-refractivity contribution < 1.29 is 4.92 Å². The van der Waals surface area contributed by atoms with E-state index >= 15 is 0 Å². The van der Waals surface area contributed by atoms with Gasteiger partial charge in [-0.05, 0) is 36.8 Å². The van der Waals surface area contributed by atoms with Gasteiger partial charge in [-0.2, -0.15) is 0 Å². The first-order valence-electron chi connectivity index (χ1n) is 7.09. The third-order valence-corrected chi connectivity index (χ3v) is 4.32. The molecule has 0 saturated heterocycles. The molecule has 0 amide bonds. The summed E-state index contributed by atoms with van der Waals surface area (Å²) in [6.45, 7) is 0.712.